The summed E-state index contributed by atoms with van der Waals surface area (Å²) < 4.78 is 13.1. The number of carbonyl (C=O) groups is 1. The lowest BCUT2D eigenvalue weighted by Gasteiger charge is -2.08. The molecule has 0 unspecified atom stereocenters. The van der Waals surface area contributed by atoms with Gasteiger partial charge in [-0.2, -0.15) is 0 Å². The Morgan fingerprint density at radius 1 is 1.42 bits per heavy atom. The Morgan fingerprint density at radius 2 is 2.16 bits per heavy atom. The first-order valence-electron chi connectivity index (χ1n) is 5.46. The number of aromatic nitrogens is 1. The van der Waals surface area contributed by atoms with E-state index in [1.54, 1.807) is 6.92 Å². The third kappa shape index (κ3) is 3.00. The van der Waals surface area contributed by atoms with Crippen LogP contribution in [0, 0.1) is 12.7 Å². The molecule has 0 aliphatic heterocycles. The zero-order valence-electron chi connectivity index (χ0n) is 10.1. The average molecular weight is 280 g/mol. The highest BCUT2D eigenvalue weighted by atomic mass is 35.5. The van der Waals surface area contributed by atoms with E-state index in [0.717, 1.165) is 0 Å². The highest BCUT2D eigenvalue weighted by Gasteiger charge is 2.12. The van der Waals surface area contributed by atoms with Crippen molar-refractivity contribution >= 4 is 29.0 Å². The number of rotatable bonds is 2. The molecule has 0 aliphatic rings. The van der Waals surface area contributed by atoms with Crippen molar-refractivity contribution in [2.45, 2.75) is 6.92 Å². The summed E-state index contributed by atoms with van der Waals surface area (Å²) in [6.45, 7) is 1.61. The molecule has 0 saturated carbocycles. The third-order valence-electron chi connectivity index (χ3n) is 2.54. The molecule has 4 nitrogen and oxygen atoms in total. The van der Waals surface area contributed by atoms with Crippen LogP contribution in [0.5, 0.6) is 0 Å². The number of amides is 1. The summed E-state index contributed by atoms with van der Waals surface area (Å²) in [5.41, 5.74) is 6.65. The Bertz CT molecular complexity index is 646. The molecule has 3 N–H and O–H groups in total. The highest BCUT2D eigenvalue weighted by Crippen LogP contribution is 2.19. The van der Waals surface area contributed by atoms with Gasteiger partial charge in [0.25, 0.3) is 5.91 Å². The zero-order chi connectivity index (χ0) is 14.0. The number of anilines is 2. The Morgan fingerprint density at radius 3 is 2.84 bits per heavy atom. The molecule has 0 fully saturated rings. The lowest BCUT2D eigenvalue weighted by atomic mass is 10.2. The smallest absolute Gasteiger partial charge is 0.257 e. The van der Waals surface area contributed by atoms with E-state index in [4.69, 9.17) is 17.3 Å². The zero-order valence-corrected chi connectivity index (χ0v) is 10.8. The second kappa shape index (κ2) is 5.24. The minimum atomic E-state index is -0.426. The summed E-state index contributed by atoms with van der Waals surface area (Å²) in [6.07, 6.45) is 1.31. The van der Waals surface area contributed by atoms with Crippen molar-refractivity contribution in [1.82, 2.24) is 4.98 Å². The topological polar surface area (TPSA) is 68.0 Å². The van der Waals surface area contributed by atoms with Gasteiger partial charge < -0.3 is 11.1 Å². The Kier molecular flexibility index (Phi) is 3.66. The van der Waals surface area contributed by atoms with Gasteiger partial charge in [0.1, 0.15) is 11.6 Å². The van der Waals surface area contributed by atoms with Crippen molar-refractivity contribution in [3.8, 4) is 0 Å². The predicted molar refractivity (Wildman–Crippen MR) is 72.7 cm³/mol. The SMILES string of the molecule is Cc1cc(NC(=O)c2cc(N)ncc2Cl)ccc1F. The van der Waals surface area contributed by atoms with Crippen LogP contribution < -0.4 is 11.1 Å². The molecule has 1 aromatic carbocycles. The molecule has 1 amide bonds. The lowest BCUT2D eigenvalue weighted by molar-refractivity contribution is 0.102. The van der Waals surface area contributed by atoms with Gasteiger partial charge in [0, 0.05) is 11.9 Å². The van der Waals surface area contributed by atoms with Crippen LogP contribution in [0.2, 0.25) is 5.02 Å². The summed E-state index contributed by atoms with van der Waals surface area (Å²) >= 11 is 5.87. The van der Waals surface area contributed by atoms with Crippen molar-refractivity contribution in [2.75, 3.05) is 11.1 Å². The largest absolute Gasteiger partial charge is 0.384 e. The molecule has 0 bridgehead atoms. The number of aryl methyl sites for hydroxylation is 1. The normalized spacial score (nSPS) is 10.3. The quantitative estimate of drug-likeness (QED) is 0.888. The number of nitrogen functional groups attached to an aromatic ring is 1. The van der Waals surface area contributed by atoms with E-state index >= 15 is 0 Å². The first kappa shape index (κ1) is 13.3. The number of nitrogens with one attached hydrogen (secondary N) is 1. The van der Waals surface area contributed by atoms with Gasteiger partial charge in [-0.1, -0.05) is 11.6 Å². The molecular weight excluding hydrogens is 269 g/mol. The number of carbonyl (C=O) groups excluding carboxylic acids is 1. The molecule has 0 aliphatic carbocycles. The number of halogens is 2. The Labute approximate surface area is 114 Å². The first-order chi connectivity index (χ1) is 8.97. The van der Waals surface area contributed by atoms with E-state index in [1.165, 1.54) is 30.5 Å². The summed E-state index contributed by atoms with van der Waals surface area (Å²) in [7, 11) is 0. The van der Waals surface area contributed by atoms with Crippen molar-refractivity contribution in [3.05, 3.63) is 52.4 Å². The van der Waals surface area contributed by atoms with E-state index in [2.05, 4.69) is 10.3 Å². The Hall–Kier alpha value is -2.14. The molecule has 19 heavy (non-hydrogen) atoms. The highest BCUT2D eigenvalue weighted by molar-refractivity contribution is 6.34. The minimum Gasteiger partial charge on any atom is -0.384 e. The van der Waals surface area contributed by atoms with E-state index in [9.17, 15) is 9.18 Å². The number of hydrogen-bond acceptors (Lipinski definition) is 3. The van der Waals surface area contributed by atoms with E-state index in [-0.39, 0.29) is 22.2 Å². The molecule has 98 valence electrons. The van der Waals surface area contributed by atoms with E-state index < -0.39 is 5.91 Å². The van der Waals surface area contributed by atoms with Crippen LogP contribution >= 0.6 is 11.6 Å². The van der Waals surface area contributed by atoms with Gasteiger partial charge >= 0.3 is 0 Å². The maximum Gasteiger partial charge on any atom is 0.257 e. The van der Waals surface area contributed by atoms with Crippen molar-refractivity contribution in [1.29, 1.82) is 0 Å². The molecule has 2 aromatic rings. The second-order valence-electron chi connectivity index (χ2n) is 4.01. The second-order valence-corrected chi connectivity index (χ2v) is 4.41. The standard InChI is InChI=1S/C13H11ClFN3O/c1-7-4-8(2-3-11(7)15)18-13(19)9-5-12(16)17-6-10(9)14/h2-6H,1H3,(H2,16,17)(H,18,19). The van der Waals surface area contributed by atoms with Gasteiger partial charge in [0.05, 0.1) is 10.6 Å². The number of hydrogen-bond donors (Lipinski definition) is 2. The number of pyridine rings is 1. The van der Waals surface area contributed by atoms with Gasteiger partial charge in [-0.05, 0) is 36.8 Å². The van der Waals surface area contributed by atoms with E-state index in [1.807, 2.05) is 0 Å². The molecule has 2 rings (SSSR count). The summed E-state index contributed by atoms with van der Waals surface area (Å²) in [5, 5.41) is 2.82. The first-order valence-corrected chi connectivity index (χ1v) is 5.83. The Balaban J connectivity index is 2.25. The summed E-state index contributed by atoms with van der Waals surface area (Å²) in [4.78, 5) is 15.8. The number of benzene rings is 1. The van der Waals surface area contributed by atoms with Crippen LogP contribution in [0.25, 0.3) is 0 Å². The fourth-order valence-corrected chi connectivity index (χ4v) is 1.74. The third-order valence-corrected chi connectivity index (χ3v) is 2.84. The van der Waals surface area contributed by atoms with Crippen molar-refractivity contribution in [2.24, 2.45) is 0 Å². The van der Waals surface area contributed by atoms with Crippen LogP contribution in [0.1, 0.15) is 15.9 Å². The van der Waals surface area contributed by atoms with Gasteiger partial charge in [0.2, 0.25) is 0 Å². The van der Waals surface area contributed by atoms with Crippen LogP contribution in [0.3, 0.4) is 0 Å². The van der Waals surface area contributed by atoms with E-state index in [0.29, 0.717) is 11.3 Å². The minimum absolute atomic E-state index is 0.199. The van der Waals surface area contributed by atoms with Gasteiger partial charge in [0.15, 0.2) is 0 Å². The maximum atomic E-state index is 13.1. The number of nitrogens with zero attached hydrogens (tertiary/aromatic N) is 1. The molecule has 0 radical (unpaired) electrons. The molecule has 0 atom stereocenters. The van der Waals surface area contributed by atoms with Gasteiger partial charge in [-0.3, -0.25) is 4.79 Å². The van der Waals surface area contributed by atoms with Gasteiger partial charge in [-0.15, -0.1) is 0 Å². The van der Waals surface area contributed by atoms with Crippen LogP contribution in [-0.2, 0) is 0 Å². The monoisotopic (exact) mass is 279 g/mol. The average Bonchev–Trinajstić information content (AvgIpc) is 2.36. The predicted octanol–water partition coefficient (Wildman–Crippen LogP) is 3.02. The fourth-order valence-electron chi connectivity index (χ4n) is 1.55. The molecule has 1 heterocycles. The van der Waals surface area contributed by atoms with Crippen LogP contribution in [0.15, 0.2) is 30.5 Å². The molecule has 0 spiro atoms. The van der Waals surface area contributed by atoms with Crippen molar-refractivity contribution < 1.29 is 9.18 Å². The fraction of sp³-hybridized carbons (Fsp3) is 0.0769. The molecule has 0 saturated heterocycles. The molecule has 1 aromatic heterocycles. The maximum absolute atomic E-state index is 13.1. The van der Waals surface area contributed by atoms with Gasteiger partial charge in [-0.25, -0.2) is 9.37 Å². The van der Waals surface area contributed by atoms with Crippen LogP contribution in [0.4, 0.5) is 15.9 Å². The molecule has 6 heteroatoms. The summed E-state index contributed by atoms with van der Waals surface area (Å²) in [6, 6.07) is 5.67. The summed E-state index contributed by atoms with van der Waals surface area (Å²) in [5.74, 6) is -0.556. The molecular formula is C13H11ClFN3O. The number of nitrogens with two attached hydrogens (primary N) is 1. The van der Waals surface area contributed by atoms with Crippen LogP contribution in [-0.4, -0.2) is 10.9 Å². The van der Waals surface area contributed by atoms with Crippen molar-refractivity contribution in [3.63, 3.8) is 0 Å². The lowest BCUT2D eigenvalue weighted by Crippen LogP contribution is -2.13.